The summed E-state index contributed by atoms with van der Waals surface area (Å²) in [6.07, 6.45) is 3.52. The van der Waals surface area contributed by atoms with E-state index in [1.165, 1.54) is 0 Å². The van der Waals surface area contributed by atoms with Crippen LogP contribution in [0.25, 0.3) is 23.0 Å². The molecule has 1 fully saturated rings. The monoisotopic (exact) mass is 451 g/mol. The molecular weight excluding hydrogens is 434 g/mol. The molecule has 0 atom stereocenters. The SMILES string of the molecule is COc1cccc(-c2nn(-c3ccccc3)cc2/C=C2\SC(=S)N(CC(=O)O)C2=O)c1. The van der Waals surface area contributed by atoms with Crippen LogP contribution in [0, 0.1) is 0 Å². The summed E-state index contributed by atoms with van der Waals surface area (Å²) >= 11 is 6.28. The molecule has 1 aliphatic heterocycles. The summed E-state index contributed by atoms with van der Waals surface area (Å²) in [4.78, 5) is 25.2. The number of amides is 1. The quantitative estimate of drug-likeness (QED) is 0.450. The molecule has 3 aromatic rings. The molecule has 31 heavy (non-hydrogen) atoms. The summed E-state index contributed by atoms with van der Waals surface area (Å²) in [5.74, 6) is -0.863. The number of carbonyl (C=O) groups excluding carboxylic acids is 1. The predicted molar refractivity (Wildman–Crippen MR) is 123 cm³/mol. The number of para-hydroxylation sites is 1. The number of benzene rings is 2. The first kappa shape index (κ1) is 20.8. The number of hydrogen-bond acceptors (Lipinski definition) is 6. The smallest absolute Gasteiger partial charge is 0.323 e. The third kappa shape index (κ3) is 4.37. The Kier molecular flexibility index (Phi) is 5.88. The minimum absolute atomic E-state index is 0.219. The highest BCUT2D eigenvalue weighted by Crippen LogP contribution is 2.35. The molecule has 2 heterocycles. The highest BCUT2D eigenvalue weighted by atomic mass is 32.2. The molecule has 1 saturated heterocycles. The van der Waals surface area contributed by atoms with Crippen molar-refractivity contribution in [3.63, 3.8) is 0 Å². The van der Waals surface area contributed by atoms with Gasteiger partial charge in [-0.25, -0.2) is 4.68 Å². The lowest BCUT2D eigenvalue weighted by Crippen LogP contribution is -2.33. The van der Waals surface area contributed by atoms with Gasteiger partial charge in [0.15, 0.2) is 0 Å². The van der Waals surface area contributed by atoms with Gasteiger partial charge < -0.3 is 9.84 Å². The van der Waals surface area contributed by atoms with Gasteiger partial charge in [-0.3, -0.25) is 14.5 Å². The van der Waals surface area contributed by atoms with Gasteiger partial charge in [0.1, 0.15) is 22.3 Å². The molecule has 1 aliphatic rings. The third-order valence-corrected chi connectivity index (χ3v) is 5.94. The van der Waals surface area contributed by atoms with E-state index < -0.39 is 18.4 Å². The lowest BCUT2D eigenvalue weighted by Gasteiger charge is -2.10. The lowest BCUT2D eigenvalue weighted by molar-refractivity contribution is -0.140. The maximum atomic E-state index is 12.7. The Hall–Kier alpha value is -3.43. The van der Waals surface area contributed by atoms with Crippen LogP contribution in [0.15, 0.2) is 65.7 Å². The zero-order chi connectivity index (χ0) is 22.0. The van der Waals surface area contributed by atoms with E-state index in [4.69, 9.17) is 27.2 Å². The van der Waals surface area contributed by atoms with E-state index in [1.54, 1.807) is 17.9 Å². The fourth-order valence-electron chi connectivity index (χ4n) is 3.11. The second kappa shape index (κ2) is 8.75. The molecular formula is C22H17N3O4S2. The van der Waals surface area contributed by atoms with Crippen LogP contribution in [-0.2, 0) is 9.59 Å². The summed E-state index contributed by atoms with van der Waals surface area (Å²) in [5.41, 5.74) is 3.05. The third-order valence-electron chi connectivity index (χ3n) is 4.56. The normalized spacial score (nSPS) is 15.0. The van der Waals surface area contributed by atoms with E-state index in [-0.39, 0.29) is 4.32 Å². The maximum absolute atomic E-state index is 12.7. The Morgan fingerprint density at radius 3 is 2.71 bits per heavy atom. The van der Waals surface area contributed by atoms with Gasteiger partial charge >= 0.3 is 5.97 Å². The van der Waals surface area contributed by atoms with Gasteiger partial charge in [0.05, 0.1) is 17.7 Å². The number of thiocarbonyl (C=S) groups is 1. The fraction of sp³-hybridized carbons (Fsp3) is 0.0909. The van der Waals surface area contributed by atoms with Crippen LogP contribution in [0.3, 0.4) is 0 Å². The zero-order valence-electron chi connectivity index (χ0n) is 16.4. The van der Waals surface area contributed by atoms with Crippen molar-refractivity contribution < 1.29 is 19.4 Å². The highest BCUT2D eigenvalue weighted by molar-refractivity contribution is 8.26. The molecule has 0 aliphatic carbocycles. The van der Waals surface area contributed by atoms with E-state index in [0.717, 1.165) is 27.9 Å². The molecule has 0 radical (unpaired) electrons. The van der Waals surface area contributed by atoms with E-state index in [2.05, 4.69) is 0 Å². The first-order chi connectivity index (χ1) is 15.0. The molecule has 1 aromatic heterocycles. The zero-order valence-corrected chi connectivity index (χ0v) is 18.0. The number of nitrogens with zero attached hydrogens (tertiary/aromatic N) is 3. The average Bonchev–Trinajstić information content (AvgIpc) is 3.31. The highest BCUT2D eigenvalue weighted by Gasteiger charge is 2.33. The molecule has 2 aromatic carbocycles. The van der Waals surface area contributed by atoms with Gasteiger partial charge in [-0.2, -0.15) is 5.10 Å². The molecule has 4 rings (SSSR count). The van der Waals surface area contributed by atoms with Crippen LogP contribution < -0.4 is 4.74 Å². The largest absolute Gasteiger partial charge is 0.497 e. The Bertz CT molecular complexity index is 1200. The van der Waals surface area contributed by atoms with Gasteiger partial charge in [0, 0.05) is 17.3 Å². The number of carbonyl (C=O) groups is 2. The van der Waals surface area contributed by atoms with Crippen LogP contribution in [0.1, 0.15) is 5.56 Å². The standard InChI is InChI=1S/C22H17N3O4S2/c1-29-17-9-5-6-14(10-17)20-15(12-25(23-20)16-7-3-2-4-8-16)11-18-21(28)24(13-19(26)27)22(30)31-18/h2-12H,13H2,1H3,(H,26,27)/b18-11-. The molecule has 1 N–H and O–H groups in total. The first-order valence-electron chi connectivity index (χ1n) is 9.23. The Labute approximate surface area is 187 Å². The van der Waals surface area contributed by atoms with E-state index in [9.17, 15) is 9.59 Å². The van der Waals surface area contributed by atoms with Crippen LogP contribution in [0.5, 0.6) is 5.75 Å². The number of aromatic nitrogens is 2. The number of carboxylic acids is 1. The number of aliphatic carboxylic acids is 1. The van der Waals surface area contributed by atoms with Crippen molar-refractivity contribution >= 4 is 46.3 Å². The average molecular weight is 452 g/mol. The minimum Gasteiger partial charge on any atom is -0.497 e. The lowest BCUT2D eigenvalue weighted by atomic mass is 10.1. The molecule has 9 heteroatoms. The van der Waals surface area contributed by atoms with Crippen LogP contribution >= 0.6 is 24.0 Å². The van der Waals surface area contributed by atoms with Crippen molar-refractivity contribution in [1.29, 1.82) is 0 Å². The van der Waals surface area contributed by atoms with E-state index >= 15 is 0 Å². The summed E-state index contributed by atoms with van der Waals surface area (Å²) in [6.45, 7) is -0.464. The van der Waals surface area contributed by atoms with Crippen molar-refractivity contribution in [2.45, 2.75) is 0 Å². The maximum Gasteiger partial charge on any atom is 0.323 e. The van der Waals surface area contributed by atoms with Crippen LogP contribution in [0.4, 0.5) is 0 Å². The van der Waals surface area contributed by atoms with Crippen molar-refractivity contribution in [3.8, 4) is 22.7 Å². The van der Waals surface area contributed by atoms with E-state index in [1.807, 2.05) is 60.8 Å². The van der Waals surface area contributed by atoms with Crippen LogP contribution in [0.2, 0.25) is 0 Å². The van der Waals surface area contributed by atoms with Gasteiger partial charge in [-0.15, -0.1) is 0 Å². The Morgan fingerprint density at radius 1 is 1.23 bits per heavy atom. The number of carboxylic acid groups (broad SMARTS) is 1. The first-order valence-corrected chi connectivity index (χ1v) is 10.5. The van der Waals surface area contributed by atoms with Gasteiger partial charge in [-0.1, -0.05) is 54.3 Å². The molecule has 0 unspecified atom stereocenters. The molecule has 156 valence electrons. The Balaban J connectivity index is 1.80. The Morgan fingerprint density at radius 2 is 2.00 bits per heavy atom. The van der Waals surface area contributed by atoms with Crippen molar-refractivity contribution in [2.24, 2.45) is 0 Å². The van der Waals surface area contributed by atoms with E-state index in [0.29, 0.717) is 21.9 Å². The van der Waals surface area contributed by atoms with Crippen molar-refractivity contribution in [3.05, 3.63) is 71.3 Å². The van der Waals surface area contributed by atoms with Crippen LogP contribution in [-0.4, -0.2) is 49.6 Å². The van der Waals surface area contributed by atoms with Gasteiger partial charge in [0.25, 0.3) is 5.91 Å². The molecule has 0 saturated carbocycles. The number of methoxy groups -OCH3 is 1. The molecule has 1 amide bonds. The van der Waals surface area contributed by atoms with Gasteiger partial charge in [-0.05, 0) is 30.3 Å². The second-order valence-corrected chi connectivity index (χ2v) is 8.28. The summed E-state index contributed by atoms with van der Waals surface area (Å²) in [7, 11) is 1.59. The van der Waals surface area contributed by atoms with Crippen molar-refractivity contribution in [1.82, 2.24) is 14.7 Å². The number of hydrogen-bond donors (Lipinski definition) is 1. The molecule has 7 nitrogen and oxygen atoms in total. The summed E-state index contributed by atoms with van der Waals surface area (Å²) < 4.78 is 7.29. The predicted octanol–water partition coefficient (Wildman–Crippen LogP) is 3.83. The molecule has 0 bridgehead atoms. The summed E-state index contributed by atoms with van der Waals surface area (Å²) in [6, 6.07) is 17.1. The molecule has 0 spiro atoms. The fourth-order valence-corrected chi connectivity index (χ4v) is 4.36. The number of ether oxygens (including phenoxy) is 1. The number of rotatable bonds is 6. The second-order valence-electron chi connectivity index (χ2n) is 6.61. The van der Waals surface area contributed by atoms with Crippen molar-refractivity contribution in [2.75, 3.05) is 13.7 Å². The summed E-state index contributed by atoms with van der Waals surface area (Å²) in [5, 5.41) is 13.8. The van der Waals surface area contributed by atoms with Gasteiger partial charge in [0.2, 0.25) is 0 Å². The topological polar surface area (TPSA) is 84.7 Å². The number of thioether (sulfide) groups is 1. The minimum atomic E-state index is -1.12.